The van der Waals surface area contributed by atoms with Gasteiger partial charge in [-0.3, -0.25) is 4.79 Å². The van der Waals surface area contributed by atoms with Crippen LogP contribution in [0.15, 0.2) is 54.6 Å². The average Bonchev–Trinajstić information content (AvgIpc) is 3.02. The number of amides is 1. The molecule has 0 radical (unpaired) electrons. The summed E-state index contributed by atoms with van der Waals surface area (Å²) in [5.41, 5.74) is 4.10. The number of benzene rings is 2. The summed E-state index contributed by atoms with van der Waals surface area (Å²) in [6.07, 6.45) is 6.11. The Morgan fingerprint density at radius 2 is 1.67 bits per heavy atom. The molecule has 0 unspecified atom stereocenters. The molecule has 33 heavy (non-hydrogen) atoms. The van der Waals surface area contributed by atoms with Gasteiger partial charge in [-0.05, 0) is 93.2 Å². The molecule has 3 aliphatic heterocycles. The smallest absolute Gasteiger partial charge is 0.230 e. The molecule has 4 nitrogen and oxygen atoms in total. The van der Waals surface area contributed by atoms with E-state index in [4.69, 9.17) is 0 Å². The van der Waals surface area contributed by atoms with E-state index in [-0.39, 0.29) is 17.2 Å². The van der Waals surface area contributed by atoms with E-state index < -0.39 is 0 Å². The van der Waals surface area contributed by atoms with Gasteiger partial charge in [0.2, 0.25) is 5.91 Å². The second-order valence-electron chi connectivity index (χ2n) is 10.8. The Hall–Kier alpha value is -2.17. The number of piperidine rings is 2. The average molecular weight is 446 g/mol. The predicted octanol–water partition coefficient (Wildman–Crippen LogP) is 4.46. The highest BCUT2D eigenvalue weighted by Crippen LogP contribution is 2.40. The Kier molecular flexibility index (Phi) is 6.84. The zero-order valence-corrected chi connectivity index (χ0v) is 20.1. The number of carbonyl (C=O) groups is 1. The highest BCUT2D eigenvalue weighted by Gasteiger charge is 2.41. The first kappa shape index (κ1) is 22.6. The van der Waals surface area contributed by atoms with E-state index in [1.165, 1.54) is 69.5 Å². The van der Waals surface area contributed by atoms with Crippen molar-refractivity contribution in [2.24, 2.45) is 11.3 Å². The highest BCUT2D eigenvalue weighted by molar-refractivity contribution is 5.83. The van der Waals surface area contributed by atoms with Crippen LogP contribution in [0.3, 0.4) is 0 Å². The van der Waals surface area contributed by atoms with Crippen molar-refractivity contribution in [1.82, 2.24) is 15.1 Å². The first-order valence-corrected chi connectivity index (χ1v) is 13.0. The maximum atomic E-state index is 13.7. The molecule has 1 amide bonds. The molecular formula is C29H39N3O. The molecule has 2 fully saturated rings. The molecular weight excluding hydrogens is 406 g/mol. The van der Waals surface area contributed by atoms with Gasteiger partial charge in [0.05, 0.1) is 5.92 Å². The van der Waals surface area contributed by atoms with Gasteiger partial charge in [-0.2, -0.15) is 0 Å². The number of fused-ring (bicyclic) bond motifs is 1. The first-order chi connectivity index (χ1) is 16.1. The standard InChI is InChI=1S/C29H39N3O/c1-23(25-7-3-2-4-8-25)28(33)32-21-27-10-6-5-9-26(27)19-29(22-32)13-17-31(18-14-29)20-24-11-15-30-16-12-24/h2-10,23-24,30H,11-22H2,1H3/t23-/m0/s1. The number of nitrogens with zero attached hydrogens (tertiary/aromatic N) is 2. The lowest BCUT2D eigenvalue weighted by molar-refractivity contribution is -0.135. The molecule has 5 rings (SSSR count). The van der Waals surface area contributed by atoms with Crippen LogP contribution >= 0.6 is 0 Å². The van der Waals surface area contributed by atoms with Gasteiger partial charge in [-0.25, -0.2) is 0 Å². The van der Waals surface area contributed by atoms with Crippen molar-refractivity contribution in [3.8, 4) is 0 Å². The van der Waals surface area contributed by atoms with Gasteiger partial charge in [-0.1, -0.05) is 54.6 Å². The maximum Gasteiger partial charge on any atom is 0.230 e. The van der Waals surface area contributed by atoms with E-state index in [0.717, 1.165) is 31.0 Å². The molecule has 0 bridgehead atoms. The molecule has 4 heteroatoms. The summed E-state index contributed by atoms with van der Waals surface area (Å²) < 4.78 is 0. The van der Waals surface area contributed by atoms with Crippen LogP contribution in [0.2, 0.25) is 0 Å². The second kappa shape index (κ2) is 9.99. The minimum absolute atomic E-state index is 0.103. The number of carbonyl (C=O) groups excluding carboxylic acids is 1. The van der Waals surface area contributed by atoms with Gasteiger partial charge in [0, 0.05) is 19.6 Å². The van der Waals surface area contributed by atoms with Crippen molar-refractivity contribution in [2.45, 2.75) is 51.5 Å². The highest BCUT2D eigenvalue weighted by atomic mass is 16.2. The summed E-state index contributed by atoms with van der Waals surface area (Å²) in [4.78, 5) is 18.6. The number of hydrogen-bond acceptors (Lipinski definition) is 3. The van der Waals surface area contributed by atoms with Crippen molar-refractivity contribution >= 4 is 5.91 Å². The van der Waals surface area contributed by atoms with Crippen LogP contribution in [0, 0.1) is 11.3 Å². The molecule has 3 aliphatic rings. The Bertz CT molecular complexity index is 929. The minimum Gasteiger partial charge on any atom is -0.337 e. The maximum absolute atomic E-state index is 13.7. The van der Waals surface area contributed by atoms with E-state index in [9.17, 15) is 4.79 Å². The van der Waals surface area contributed by atoms with Gasteiger partial charge in [0.1, 0.15) is 0 Å². The number of hydrogen-bond donors (Lipinski definition) is 1. The van der Waals surface area contributed by atoms with Crippen molar-refractivity contribution in [1.29, 1.82) is 0 Å². The molecule has 176 valence electrons. The van der Waals surface area contributed by atoms with Gasteiger partial charge in [-0.15, -0.1) is 0 Å². The van der Waals surface area contributed by atoms with Gasteiger partial charge in [0.25, 0.3) is 0 Å². The minimum atomic E-state index is -0.103. The van der Waals surface area contributed by atoms with Crippen molar-refractivity contribution in [2.75, 3.05) is 39.3 Å². The Labute approximate surface area is 199 Å². The van der Waals surface area contributed by atoms with Crippen LogP contribution in [-0.4, -0.2) is 55.0 Å². The van der Waals surface area contributed by atoms with Crippen molar-refractivity contribution in [3.05, 3.63) is 71.3 Å². The van der Waals surface area contributed by atoms with Gasteiger partial charge < -0.3 is 15.1 Å². The molecule has 2 aromatic rings. The largest absolute Gasteiger partial charge is 0.337 e. The lowest BCUT2D eigenvalue weighted by Gasteiger charge is -2.44. The number of rotatable bonds is 4. The molecule has 1 atom stereocenters. The molecule has 0 saturated carbocycles. The van der Waals surface area contributed by atoms with Crippen LogP contribution < -0.4 is 5.32 Å². The number of likely N-dealkylation sites (tertiary alicyclic amines) is 1. The Morgan fingerprint density at radius 3 is 2.39 bits per heavy atom. The second-order valence-corrected chi connectivity index (χ2v) is 10.8. The van der Waals surface area contributed by atoms with Crippen LogP contribution in [0.25, 0.3) is 0 Å². The van der Waals surface area contributed by atoms with Gasteiger partial charge >= 0.3 is 0 Å². The summed E-state index contributed by atoms with van der Waals surface area (Å²) >= 11 is 0. The van der Waals surface area contributed by atoms with E-state index >= 15 is 0 Å². The van der Waals surface area contributed by atoms with Crippen molar-refractivity contribution in [3.63, 3.8) is 0 Å². The van der Waals surface area contributed by atoms with Gasteiger partial charge in [0.15, 0.2) is 0 Å². The third kappa shape index (κ3) is 5.17. The van der Waals surface area contributed by atoms with E-state index in [0.29, 0.717) is 0 Å². The van der Waals surface area contributed by atoms with E-state index in [2.05, 4.69) is 58.4 Å². The zero-order valence-electron chi connectivity index (χ0n) is 20.1. The normalized spacial score (nSPS) is 22.5. The summed E-state index contributed by atoms with van der Waals surface area (Å²) in [6, 6.07) is 19.1. The fourth-order valence-electron chi connectivity index (χ4n) is 6.30. The SMILES string of the molecule is C[C@H](C(=O)N1Cc2ccccc2CC2(CCN(CC3CCNCC3)CC2)C1)c1ccccc1. The lowest BCUT2D eigenvalue weighted by Crippen LogP contribution is -2.49. The van der Waals surface area contributed by atoms with Crippen LogP contribution in [0.1, 0.15) is 55.2 Å². The van der Waals surface area contributed by atoms with E-state index in [1.54, 1.807) is 0 Å². The fraction of sp³-hybridized carbons (Fsp3) is 0.552. The third-order valence-corrected chi connectivity index (χ3v) is 8.44. The van der Waals surface area contributed by atoms with E-state index in [1.807, 2.05) is 18.2 Å². The Morgan fingerprint density at radius 1 is 1.00 bits per heavy atom. The molecule has 1 spiro atoms. The lowest BCUT2D eigenvalue weighted by atomic mass is 9.73. The molecule has 2 aromatic carbocycles. The Balaban J connectivity index is 1.33. The molecule has 2 saturated heterocycles. The van der Waals surface area contributed by atoms with Crippen molar-refractivity contribution < 1.29 is 4.79 Å². The monoisotopic (exact) mass is 445 g/mol. The quantitative estimate of drug-likeness (QED) is 0.755. The molecule has 1 N–H and O–H groups in total. The molecule has 0 aromatic heterocycles. The summed E-state index contributed by atoms with van der Waals surface area (Å²) in [5.74, 6) is 1.02. The third-order valence-electron chi connectivity index (χ3n) is 8.44. The summed E-state index contributed by atoms with van der Waals surface area (Å²) in [7, 11) is 0. The number of nitrogens with one attached hydrogen (secondary N) is 1. The van der Waals surface area contributed by atoms with Crippen LogP contribution in [0.5, 0.6) is 0 Å². The summed E-state index contributed by atoms with van der Waals surface area (Å²) in [5, 5.41) is 3.50. The van der Waals surface area contributed by atoms with Crippen LogP contribution in [0.4, 0.5) is 0 Å². The molecule has 0 aliphatic carbocycles. The zero-order chi connectivity index (χ0) is 22.7. The topological polar surface area (TPSA) is 35.6 Å². The first-order valence-electron chi connectivity index (χ1n) is 13.0. The molecule has 3 heterocycles. The predicted molar refractivity (Wildman–Crippen MR) is 134 cm³/mol. The summed E-state index contributed by atoms with van der Waals surface area (Å²) in [6.45, 7) is 9.65. The van der Waals surface area contributed by atoms with Crippen LogP contribution in [-0.2, 0) is 17.8 Å². The fourth-order valence-corrected chi connectivity index (χ4v) is 6.30.